The Bertz CT molecular complexity index is 126. The Morgan fingerprint density at radius 3 is 1.75 bits per heavy atom. The van der Waals surface area contributed by atoms with Crippen LogP contribution < -0.4 is 0 Å². The number of hydrogen-bond acceptors (Lipinski definition) is 3. The molecule has 0 aromatic rings. The van der Waals surface area contributed by atoms with Crippen molar-refractivity contribution in [2.75, 3.05) is 0 Å². The molecule has 3 N–H and O–H groups in total. The minimum absolute atomic E-state index is 0.0325. The van der Waals surface area contributed by atoms with Gasteiger partial charge in [-0.2, -0.15) is 0 Å². The third-order valence-electron chi connectivity index (χ3n) is 1.71. The third-order valence-corrected chi connectivity index (χ3v) is 1.71. The SMILES string of the molecule is C[C@@H](O)[C@H](O)[C@@H](O)CC(C)(C)C. The maximum absolute atomic E-state index is 9.41. The topological polar surface area (TPSA) is 60.7 Å². The number of aliphatic hydroxyl groups is 3. The summed E-state index contributed by atoms with van der Waals surface area (Å²) in [5.74, 6) is 0. The van der Waals surface area contributed by atoms with Gasteiger partial charge in [0, 0.05) is 0 Å². The fourth-order valence-corrected chi connectivity index (χ4v) is 1.07. The summed E-state index contributed by atoms with van der Waals surface area (Å²) in [5.41, 5.74) is -0.0325. The Labute approximate surface area is 74.0 Å². The van der Waals surface area contributed by atoms with Crippen LogP contribution in [0.1, 0.15) is 34.1 Å². The predicted octanol–water partition coefficient (Wildman–Crippen LogP) is 0.525. The summed E-state index contributed by atoms with van der Waals surface area (Å²) in [6.07, 6.45) is -2.27. The number of hydrogen-bond donors (Lipinski definition) is 3. The quantitative estimate of drug-likeness (QED) is 0.587. The zero-order chi connectivity index (χ0) is 9.94. The van der Waals surface area contributed by atoms with Crippen LogP contribution in [0.3, 0.4) is 0 Å². The van der Waals surface area contributed by atoms with E-state index in [1.165, 1.54) is 6.92 Å². The van der Waals surface area contributed by atoms with Crippen molar-refractivity contribution in [1.82, 2.24) is 0 Å². The zero-order valence-corrected chi connectivity index (χ0v) is 8.28. The van der Waals surface area contributed by atoms with Crippen molar-refractivity contribution in [3.8, 4) is 0 Å². The molecule has 0 unspecified atom stereocenters. The van der Waals surface area contributed by atoms with Crippen LogP contribution in [0.5, 0.6) is 0 Å². The first-order valence-corrected chi connectivity index (χ1v) is 4.28. The highest BCUT2D eigenvalue weighted by molar-refractivity contribution is 4.77. The van der Waals surface area contributed by atoms with E-state index < -0.39 is 18.3 Å². The van der Waals surface area contributed by atoms with Gasteiger partial charge in [0.1, 0.15) is 6.10 Å². The lowest BCUT2D eigenvalue weighted by molar-refractivity contribution is -0.0644. The van der Waals surface area contributed by atoms with Gasteiger partial charge < -0.3 is 15.3 Å². The molecule has 0 radical (unpaired) electrons. The van der Waals surface area contributed by atoms with Gasteiger partial charge in [-0.1, -0.05) is 20.8 Å². The zero-order valence-electron chi connectivity index (χ0n) is 8.28. The lowest BCUT2D eigenvalue weighted by Gasteiger charge is -2.26. The molecule has 0 saturated carbocycles. The van der Waals surface area contributed by atoms with E-state index in [2.05, 4.69) is 0 Å². The van der Waals surface area contributed by atoms with Crippen molar-refractivity contribution in [3.63, 3.8) is 0 Å². The van der Waals surface area contributed by atoms with E-state index in [4.69, 9.17) is 5.11 Å². The van der Waals surface area contributed by atoms with E-state index in [9.17, 15) is 10.2 Å². The Balaban J connectivity index is 3.95. The van der Waals surface area contributed by atoms with Crippen LogP contribution in [0.25, 0.3) is 0 Å². The fraction of sp³-hybridized carbons (Fsp3) is 1.00. The molecule has 0 saturated heterocycles. The molecule has 0 bridgehead atoms. The molecule has 0 amide bonds. The summed E-state index contributed by atoms with van der Waals surface area (Å²) in [6.45, 7) is 7.40. The molecule has 0 rings (SSSR count). The molecule has 0 spiro atoms. The minimum atomic E-state index is -1.04. The van der Waals surface area contributed by atoms with Crippen LogP contribution in [-0.4, -0.2) is 33.6 Å². The van der Waals surface area contributed by atoms with E-state index in [0.717, 1.165) is 0 Å². The van der Waals surface area contributed by atoms with Gasteiger partial charge in [-0.15, -0.1) is 0 Å². The molecule has 0 aliphatic heterocycles. The Kier molecular flexibility index (Phi) is 4.17. The van der Waals surface area contributed by atoms with Crippen molar-refractivity contribution in [1.29, 1.82) is 0 Å². The Hall–Kier alpha value is -0.120. The minimum Gasteiger partial charge on any atom is -0.391 e. The normalized spacial score (nSPS) is 20.2. The second-order valence-electron chi connectivity index (χ2n) is 4.56. The average molecular weight is 176 g/mol. The van der Waals surface area contributed by atoms with Crippen molar-refractivity contribution >= 4 is 0 Å². The van der Waals surface area contributed by atoms with Gasteiger partial charge in [0.15, 0.2) is 0 Å². The van der Waals surface area contributed by atoms with E-state index in [0.29, 0.717) is 6.42 Å². The van der Waals surface area contributed by atoms with Crippen LogP contribution >= 0.6 is 0 Å². The third kappa shape index (κ3) is 4.70. The highest BCUT2D eigenvalue weighted by atomic mass is 16.4. The van der Waals surface area contributed by atoms with E-state index >= 15 is 0 Å². The molecule has 0 aromatic heterocycles. The van der Waals surface area contributed by atoms with Gasteiger partial charge in [0.25, 0.3) is 0 Å². The smallest absolute Gasteiger partial charge is 0.105 e. The van der Waals surface area contributed by atoms with Crippen LogP contribution in [0.2, 0.25) is 0 Å². The summed E-state index contributed by atoms with van der Waals surface area (Å²) in [5, 5.41) is 27.7. The number of rotatable bonds is 3. The molecular formula is C9H20O3. The van der Waals surface area contributed by atoms with Gasteiger partial charge in [-0.3, -0.25) is 0 Å². The monoisotopic (exact) mass is 176 g/mol. The fourth-order valence-electron chi connectivity index (χ4n) is 1.07. The molecule has 0 fully saturated rings. The molecular weight excluding hydrogens is 156 g/mol. The highest BCUT2D eigenvalue weighted by Crippen LogP contribution is 2.22. The predicted molar refractivity (Wildman–Crippen MR) is 47.8 cm³/mol. The van der Waals surface area contributed by atoms with E-state index in [1.807, 2.05) is 20.8 Å². The van der Waals surface area contributed by atoms with Crippen LogP contribution in [0, 0.1) is 5.41 Å². The van der Waals surface area contributed by atoms with Gasteiger partial charge in [-0.05, 0) is 18.8 Å². The summed E-state index contributed by atoms with van der Waals surface area (Å²) >= 11 is 0. The summed E-state index contributed by atoms with van der Waals surface area (Å²) in [6, 6.07) is 0. The van der Waals surface area contributed by atoms with Gasteiger partial charge >= 0.3 is 0 Å². The van der Waals surface area contributed by atoms with Gasteiger partial charge in [0.05, 0.1) is 12.2 Å². The summed E-state index contributed by atoms with van der Waals surface area (Å²) in [4.78, 5) is 0. The second-order valence-corrected chi connectivity index (χ2v) is 4.56. The molecule has 3 atom stereocenters. The Morgan fingerprint density at radius 2 is 1.50 bits per heavy atom. The molecule has 0 aliphatic carbocycles. The molecule has 74 valence electrons. The second kappa shape index (κ2) is 4.21. The first kappa shape index (κ1) is 11.9. The molecule has 3 nitrogen and oxygen atoms in total. The van der Waals surface area contributed by atoms with Crippen molar-refractivity contribution in [3.05, 3.63) is 0 Å². The van der Waals surface area contributed by atoms with Gasteiger partial charge in [0.2, 0.25) is 0 Å². The molecule has 0 aliphatic rings. The van der Waals surface area contributed by atoms with E-state index in [1.54, 1.807) is 0 Å². The van der Waals surface area contributed by atoms with Crippen molar-refractivity contribution in [2.45, 2.75) is 52.4 Å². The van der Waals surface area contributed by atoms with Crippen molar-refractivity contribution in [2.24, 2.45) is 5.41 Å². The molecule has 3 heteroatoms. The average Bonchev–Trinajstić information content (AvgIpc) is 1.82. The maximum Gasteiger partial charge on any atom is 0.105 e. The molecule has 0 heterocycles. The van der Waals surface area contributed by atoms with Crippen LogP contribution in [-0.2, 0) is 0 Å². The van der Waals surface area contributed by atoms with Gasteiger partial charge in [-0.25, -0.2) is 0 Å². The maximum atomic E-state index is 9.41. The first-order valence-electron chi connectivity index (χ1n) is 4.28. The Morgan fingerprint density at radius 1 is 1.08 bits per heavy atom. The summed E-state index contributed by atoms with van der Waals surface area (Å²) in [7, 11) is 0. The highest BCUT2D eigenvalue weighted by Gasteiger charge is 2.25. The first-order chi connectivity index (χ1) is 5.24. The van der Waals surface area contributed by atoms with Crippen LogP contribution in [0.4, 0.5) is 0 Å². The molecule has 0 aromatic carbocycles. The largest absolute Gasteiger partial charge is 0.391 e. The lowest BCUT2D eigenvalue weighted by Crippen LogP contribution is -2.37. The van der Waals surface area contributed by atoms with Crippen LogP contribution in [0.15, 0.2) is 0 Å². The standard InChI is InChI=1S/C9H20O3/c1-6(10)8(12)7(11)5-9(2,3)4/h6-8,10-12H,5H2,1-4H3/t6-,7+,8+/m1/s1. The summed E-state index contributed by atoms with van der Waals surface area (Å²) < 4.78 is 0. The number of aliphatic hydroxyl groups excluding tert-OH is 3. The van der Waals surface area contributed by atoms with E-state index in [-0.39, 0.29) is 5.41 Å². The molecule has 12 heavy (non-hydrogen) atoms. The lowest BCUT2D eigenvalue weighted by atomic mass is 9.87. The van der Waals surface area contributed by atoms with Crippen molar-refractivity contribution < 1.29 is 15.3 Å².